The lowest BCUT2D eigenvalue weighted by molar-refractivity contribution is -0.111. The normalized spacial score (nSPS) is 10.9. The van der Waals surface area contributed by atoms with Crippen molar-refractivity contribution in [2.45, 2.75) is 6.61 Å². The van der Waals surface area contributed by atoms with E-state index < -0.39 is 0 Å². The van der Waals surface area contributed by atoms with E-state index in [0.717, 1.165) is 22.4 Å². The second-order valence-corrected chi connectivity index (χ2v) is 8.92. The number of hydrogen-bond acceptors (Lipinski definition) is 5. The average molecular weight is 511 g/mol. The van der Waals surface area contributed by atoms with Crippen LogP contribution in [0.25, 0.3) is 17.3 Å². The van der Waals surface area contributed by atoms with Crippen LogP contribution in [0.4, 0.5) is 5.13 Å². The lowest BCUT2D eigenvalue weighted by Crippen LogP contribution is -2.07. The molecule has 8 heteroatoms. The highest BCUT2D eigenvalue weighted by Crippen LogP contribution is 2.30. The van der Waals surface area contributed by atoms with Crippen LogP contribution in [0.15, 0.2) is 78.2 Å². The van der Waals surface area contributed by atoms with Crippen LogP contribution < -0.4 is 14.8 Å². The second-order valence-electron chi connectivity index (χ2n) is 7.19. The monoisotopic (exact) mass is 510 g/mol. The number of nitrogens with one attached hydrogen (secondary N) is 1. The lowest BCUT2D eigenvalue weighted by Gasteiger charge is -2.11. The first-order valence-corrected chi connectivity index (χ1v) is 11.9. The lowest BCUT2D eigenvalue weighted by atomic mass is 10.2. The highest BCUT2D eigenvalue weighted by molar-refractivity contribution is 7.14. The molecular formula is C26H20Cl2N2O3S. The van der Waals surface area contributed by atoms with E-state index in [9.17, 15) is 4.79 Å². The van der Waals surface area contributed by atoms with E-state index in [1.165, 1.54) is 17.4 Å². The summed E-state index contributed by atoms with van der Waals surface area (Å²) >= 11 is 13.2. The molecule has 34 heavy (non-hydrogen) atoms. The highest BCUT2D eigenvalue weighted by atomic mass is 35.5. The maximum atomic E-state index is 12.4. The summed E-state index contributed by atoms with van der Waals surface area (Å²) in [6.45, 7) is 0.386. The molecule has 5 nitrogen and oxygen atoms in total. The molecule has 0 atom stereocenters. The Bertz CT molecular complexity index is 1300. The van der Waals surface area contributed by atoms with Crippen molar-refractivity contribution in [2.24, 2.45) is 0 Å². The number of hydrogen-bond donors (Lipinski definition) is 1. The van der Waals surface area contributed by atoms with Gasteiger partial charge < -0.3 is 9.47 Å². The Morgan fingerprint density at radius 2 is 1.71 bits per heavy atom. The molecule has 1 amide bonds. The average Bonchev–Trinajstić information content (AvgIpc) is 3.31. The molecule has 0 fully saturated rings. The maximum Gasteiger partial charge on any atom is 0.250 e. The summed E-state index contributed by atoms with van der Waals surface area (Å²) in [5.41, 5.74) is 3.50. The Kier molecular flexibility index (Phi) is 7.85. The molecule has 0 saturated heterocycles. The number of amides is 1. The van der Waals surface area contributed by atoms with Crippen LogP contribution >= 0.6 is 34.5 Å². The van der Waals surface area contributed by atoms with Crippen molar-refractivity contribution in [3.8, 4) is 22.8 Å². The minimum atomic E-state index is -0.279. The van der Waals surface area contributed by atoms with Crippen LogP contribution in [-0.2, 0) is 11.4 Å². The number of thiazole rings is 1. The summed E-state index contributed by atoms with van der Waals surface area (Å²) in [4.78, 5) is 16.8. The number of ether oxygens (including phenoxy) is 2. The SMILES string of the molecule is COc1cc(/C=C/C(=O)Nc2nc(-c3ccc(Cl)cc3)cs2)ccc1OCc1ccc(Cl)cc1. The van der Waals surface area contributed by atoms with Crippen LogP contribution in [0.1, 0.15) is 11.1 Å². The number of rotatable bonds is 8. The summed E-state index contributed by atoms with van der Waals surface area (Å²) in [5, 5.41) is 6.53. The van der Waals surface area contributed by atoms with Crippen molar-refractivity contribution in [3.63, 3.8) is 0 Å². The summed E-state index contributed by atoms with van der Waals surface area (Å²) in [5.74, 6) is 0.902. The predicted octanol–water partition coefficient (Wildman–Crippen LogP) is 7.36. The molecule has 172 valence electrons. The van der Waals surface area contributed by atoms with Gasteiger partial charge in [0.15, 0.2) is 16.6 Å². The maximum absolute atomic E-state index is 12.4. The van der Waals surface area contributed by atoms with Crippen LogP contribution in [0, 0.1) is 0 Å². The van der Waals surface area contributed by atoms with Gasteiger partial charge >= 0.3 is 0 Å². The van der Waals surface area contributed by atoms with Crippen LogP contribution in [0.5, 0.6) is 11.5 Å². The minimum Gasteiger partial charge on any atom is -0.493 e. The fraction of sp³-hybridized carbons (Fsp3) is 0.0769. The summed E-state index contributed by atoms with van der Waals surface area (Å²) in [6, 6.07) is 20.3. The molecular weight excluding hydrogens is 491 g/mol. The molecule has 0 aliphatic heterocycles. The van der Waals surface area contributed by atoms with Gasteiger partial charge in [-0.2, -0.15) is 0 Å². The Hall–Kier alpha value is -3.32. The molecule has 0 radical (unpaired) electrons. The molecule has 0 saturated carbocycles. The van der Waals surface area contributed by atoms with E-state index in [-0.39, 0.29) is 5.91 Å². The van der Waals surface area contributed by atoms with Crippen LogP contribution in [-0.4, -0.2) is 18.0 Å². The fourth-order valence-corrected chi connectivity index (χ4v) is 4.03. The Morgan fingerprint density at radius 1 is 1.00 bits per heavy atom. The number of anilines is 1. The number of halogens is 2. The summed E-state index contributed by atoms with van der Waals surface area (Å²) in [7, 11) is 1.57. The minimum absolute atomic E-state index is 0.279. The molecule has 1 N–H and O–H groups in total. The number of methoxy groups -OCH3 is 1. The Labute approximate surface area is 211 Å². The standard InChI is InChI=1S/C26H20Cl2N2O3S/c1-32-24-14-17(4-12-23(24)33-15-18-2-8-20(27)9-3-18)5-13-25(31)30-26-29-22(16-34-26)19-6-10-21(28)11-7-19/h2-14,16H,15H2,1H3,(H,29,30,31)/b13-5+. The molecule has 4 rings (SSSR count). The first-order valence-electron chi connectivity index (χ1n) is 10.3. The third kappa shape index (κ3) is 6.38. The first kappa shape index (κ1) is 23.8. The predicted molar refractivity (Wildman–Crippen MR) is 139 cm³/mol. The van der Waals surface area contributed by atoms with Crippen molar-refractivity contribution < 1.29 is 14.3 Å². The van der Waals surface area contributed by atoms with Crippen LogP contribution in [0.2, 0.25) is 10.0 Å². The van der Waals surface area contributed by atoms with E-state index in [0.29, 0.717) is 33.3 Å². The number of nitrogens with zero attached hydrogens (tertiary/aromatic N) is 1. The van der Waals surface area contributed by atoms with Gasteiger partial charge in [0.05, 0.1) is 12.8 Å². The number of aromatic nitrogens is 1. The number of carbonyl (C=O) groups excluding carboxylic acids is 1. The summed E-state index contributed by atoms with van der Waals surface area (Å²) in [6.07, 6.45) is 3.15. The zero-order valence-electron chi connectivity index (χ0n) is 18.1. The molecule has 0 spiro atoms. The molecule has 0 aliphatic rings. The van der Waals surface area contributed by atoms with Gasteiger partial charge in [-0.1, -0.05) is 53.5 Å². The molecule has 1 aromatic heterocycles. The largest absolute Gasteiger partial charge is 0.493 e. The van der Waals surface area contributed by atoms with Gasteiger partial charge in [0, 0.05) is 27.1 Å². The Morgan fingerprint density at radius 3 is 2.41 bits per heavy atom. The van der Waals surface area contributed by atoms with Gasteiger partial charge in [-0.05, 0) is 53.6 Å². The Balaban J connectivity index is 1.36. The van der Waals surface area contributed by atoms with Crippen LogP contribution in [0.3, 0.4) is 0 Å². The third-order valence-electron chi connectivity index (χ3n) is 4.80. The first-order chi connectivity index (χ1) is 16.5. The molecule has 1 heterocycles. The van der Waals surface area contributed by atoms with Gasteiger partial charge in [0.2, 0.25) is 5.91 Å². The van der Waals surface area contributed by atoms with Gasteiger partial charge in [0.1, 0.15) is 6.61 Å². The molecule has 0 unspecified atom stereocenters. The quantitative estimate of drug-likeness (QED) is 0.251. The van der Waals surface area contributed by atoms with Crippen molar-refractivity contribution in [3.05, 3.63) is 99.4 Å². The van der Waals surface area contributed by atoms with E-state index in [1.54, 1.807) is 25.3 Å². The van der Waals surface area contributed by atoms with Crippen molar-refractivity contribution >= 4 is 51.7 Å². The third-order valence-corrected chi connectivity index (χ3v) is 6.06. The number of carbonyl (C=O) groups is 1. The van der Waals surface area contributed by atoms with Crippen molar-refractivity contribution in [1.29, 1.82) is 0 Å². The second kappa shape index (κ2) is 11.2. The van der Waals surface area contributed by atoms with E-state index in [4.69, 9.17) is 32.7 Å². The van der Waals surface area contributed by atoms with Gasteiger partial charge in [-0.25, -0.2) is 4.98 Å². The van der Waals surface area contributed by atoms with Crippen molar-refractivity contribution in [2.75, 3.05) is 12.4 Å². The van der Waals surface area contributed by atoms with Crippen molar-refractivity contribution in [1.82, 2.24) is 4.98 Å². The zero-order chi connectivity index (χ0) is 23.9. The molecule has 0 aliphatic carbocycles. The van der Waals surface area contributed by atoms with Gasteiger partial charge in [-0.15, -0.1) is 11.3 Å². The molecule has 4 aromatic rings. The zero-order valence-corrected chi connectivity index (χ0v) is 20.5. The van der Waals surface area contributed by atoms with E-state index in [1.807, 2.05) is 60.0 Å². The molecule has 0 bridgehead atoms. The summed E-state index contributed by atoms with van der Waals surface area (Å²) < 4.78 is 11.3. The smallest absolute Gasteiger partial charge is 0.250 e. The van der Waals surface area contributed by atoms with Gasteiger partial charge in [-0.3, -0.25) is 10.1 Å². The molecule has 3 aromatic carbocycles. The van der Waals surface area contributed by atoms with Gasteiger partial charge in [0.25, 0.3) is 0 Å². The van der Waals surface area contributed by atoms with E-state index in [2.05, 4.69) is 10.3 Å². The van der Waals surface area contributed by atoms with E-state index >= 15 is 0 Å². The topological polar surface area (TPSA) is 60.5 Å². The number of benzene rings is 3. The highest BCUT2D eigenvalue weighted by Gasteiger charge is 2.08. The fourth-order valence-electron chi connectivity index (χ4n) is 3.05.